The van der Waals surface area contributed by atoms with Gasteiger partial charge in [-0.3, -0.25) is 0 Å². The topological polar surface area (TPSA) is 35.0 Å². The molecule has 3 nitrogen and oxygen atoms in total. The van der Waals surface area contributed by atoms with Crippen LogP contribution < -0.4 is 4.74 Å². The summed E-state index contributed by atoms with van der Waals surface area (Å²) >= 11 is 7.37. The Morgan fingerprint density at radius 3 is 2.82 bits per heavy atom. The number of nitrogens with zero attached hydrogens (tertiary/aromatic N) is 2. The predicted molar refractivity (Wildman–Crippen MR) is 70.1 cm³/mol. The van der Waals surface area contributed by atoms with Crippen molar-refractivity contribution >= 4 is 23.4 Å². The van der Waals surface area contributed by atoms with Gasteiger partial charge in [-0.15, -0.1) is 11.8 Å². The summed E-state index contributed by atoms with van der Waals surface area (Å²) in [6, 6.07) is 7.80. The van der Waals surface area contributed by atoms with Crippen LogP contribution >= 0.6 is 23.4 Å². The molecule has 0 amide bonds. The maximum Gasteiger partial charge on any atom is 0.226 e. The molecule has 0 aliphatic heterocycles. The lowest BCUT2D eigenvalue weighted by molar-refractivity contribution is 0.447. The molecule has 1 aromatic carbocycles. The predicted octanol–water partition coefficient (Wildman–Crippen LogP) is 3.95. The Labute approximate surface area is 109 Å². The molecule has 0 saturated heterocycles. The van der Waals surface area contributed by atoms with Crippen LogP contribution in [0.15, 0.2) is 35.4 Å². The van der Waals surface area contributed by atoms with Crippen LogP contribution in [0, 0.1) is 6.92 Å². The van der Waals surface area contributed by atoms with Gasteiger partial charge in [-0.05, 0) is 36.9 Å². The Balaban J connectivity index is 2.34. The quantitative estimate of drug-likeness (QED) is 0.622. The minimum atomic E-state index is 0.187. The van der Waals surface area contributed by atoms with Crippen molar-refractivity contribution in [2.45, 2.75) is 11.8 Å². The van der Waals surface area contributed by atoms with E-state index in [1.54, 1.807) is 18.0 Å². The van der Waals surface area contributed by atoms with E-state index in [2.05, 4.69) is 9.97 Å². The second kappa shape index (κ2) is 5.38. The largest absolute Gasteiger partial charge is 0.437 e. The number of hydrogen-bond acceptors (Lipinski definition) is 4. The maximum atomic E-state index is 5.76. The molecule has 0 radical (unpaired) electrons. The standard InChI is InChI=1S/C12H11ClN2OS/c1-8-7-14-12(13)15-11(8)16-9-5-3-4-6-10(9)17-2/h3-7H,1-2H3. The fourth-order valence-corrected chi connectivity index (χ4v) is 1.97. The molecular weight excluding hydrogens is 256 g/mol. The third-order valence-electron chi connectivity index (χ3n) is 2.17. The van der Waals surface area contributed by atoms with Crippen LogP contribution in [-0.2, 0) is 0 Å². The van der Waals surface area contributed by atoms with Gasteiger partial charge in [0.05, 0.1) is 0 Å². The van der Waals surface area contributed by atoms with Crippen molar-refractivity contribution in [3.05, 3.63) is 41.3 Å². The first kappa shape index (κ1) is 12.2. The van der Waals surface area contributed by atoms with Crippen LogP contribution in [0.5, 0.6) is 11.6 Å². The van der Waals surface area contributed by atoms with Crippen LogP contribution in [0.2, 0.25) is 5.28 Å². The molecule has 0 spiro atoms. The lowest BCUT2D eigenvalue weighted by Crippen LogP contribution is -1.94. The molecule has 17 heavy (non-hydrogen) atoms. The van der Waals surface area contributed by atoms with Crippen LogP contribution in [0.4, 0.5) is 0 Å². The van der Waals surface area contributed by atoms with Gasteiger partial charge in [-0.25, -0.2) is 4.98 Å². The summed E-state index contributed by atoms with van der Waals surface area (Å²) in [5, 5.41) is 0.187. The van der Waals surface area contributed by atoms with Crippen molar-refractivity contribution < 1.29 is 4.74 Å². The molecule has 0 bridgehead atoms. The van der Waals surface area contributed by atoms with Gasteiger partial charge in [0.15, 0.2) is 0 Å². The van der Waals surface area contributed by atoms with Gasteiger partial charge in [-0.1, -0.05) is 12.1 Å². The highest BCUT2D eigenvalue weighted by Gasteiger charge is 2.08. The molecule has 2 aromatic rings. The van der Waals surface area contributed by atoms with E-state index in [0.29, 0.717) is 5.88 Å². The number of halogens is 1. The van der Waals surface area contributed by atoms with Gasteiger partial charge in [0.1, 0.15) is 5.75 Å². The normalized spacial score (nSPS) is 10.3. The lowest BCUT2D eigenvalue weighted by Gasteiger charge is -2.10. The van der Waals surface area contributed by atoms with E-state index in [1.165, 1.54) is 0 Å². The van der Waals surface area contributed by atoms with Crippen molar-refractivity contribution in [3.8, 4) is 11.6 Å². The molecule has 88 valence electrons. The van der Waals surface area contributed by atoms with Crippen molar-refractivity contribution in [3.63, 3.8) is 0 Å². The Kier molecular flexibility index (Phi) is 3.86. The average molecular weight is 267 g/mol. The number of aromatic nitrogens is 2. The zero-order chi connectivity index (χ0) is 12.3. The molecule has 1 heterocycles. The zero-order valence-electron chi connectivity index (χ0n) is 9.48. The van der Waals surface area contributed by atoms with Crippen LogP contribution in [0.1, 0.15) is 5.56 Å². The van der Waals surface area contributed by atoms with E-state index in [1.807, 2.05) is 37.4 Å². The number of benzene rings is 1. The number of aryl methyl sites for hydroxylation is 1. The average Bonchev–Trinajstić information content (AvgIpc) is 2.34. The second-order valence-electron chi connectivity index (χ2n) is 3.38. The third kappa shape index (κ3) is 2.90. The van der Waals surface area contributed by atoms with Crippen molar-refractivity contribution in [2.75, 3.05) is 6.26 Å². The van der Waals surface area contributed by atoms with Gasteiger partial charge in [-0.2, -0.15) is 4.98 Å². The van der Waals surface area contributed by atoms with Crippen LogP contribution in [-0.4, -0.2) is 16.2 Å². The molecule has 0 saturated carbocycles. The highest BCUT2D eigenvalue weighted by Crippen LogP contribution is 2.31. The molecule has 1 aromatic heterocycles. The van der Waals surface area contributed by atoms with Gasteiger partial charge >= 0.3 is 0 Å². The smallest absolute Gasteiger partial charge is 0.226 e. The van der Waals surface area contributed by atoms with Gasteiger partial charge in [0.2, 0.25) is 11.2 Å². The van der Waals surface area contributed by atoms with E-state index in [0.717, 1.165) is 16.2 Å². The Bertz CT molecular complexity index is 534. The van der Waals surface area contributed by atoms with Crippen LogP contribution in [0.25, 0.3) is 0 Å². The van der Waals surface area contributed by atoms with Gasteiger partial charge in [0.25, 0.3) is 0 Å². The number of thioether (sulfide) groups is 1. The van der Waals surface area contributed by atoms with E-state index >= 15 is 0 Å². The monoisotopic (exact) mass is 266 g/mol. The summed E-state index contributed by atoms with van der Waals surface area (Å²) in [7, 11) is 0. The van der Waals surface area contributed by atoms with E-state index in [9.17, 15) is 0 Å². The lowest BCUT2D eigenvalue weighted by atomic mass is 10.3. The van der Waals surface area contributed by atoms with E-state index in [4.69, 9.17) is 16.3 Å². The van der Waals surface area contributed by atoms with Crippen molar-refractivity contribution in [1.82, 2.24) is 9.97 Å². The highest BCUT2D eigenvalue weighted by atomic mass is 35.5. The number of ether oxygens (including phenoxy) is 1. The SMILES string of the molecule is CSc1ccccc1Oc1nc(Cl)ncc1C. The molecule has 0 N–H and O–H groups in total. The summed E-state index contributed by atoms with van der Waals surface area (Å²) in [5.74, 6) is 1.27. The first-order chi connectivity index (χ1) is 8.20. The van der Waals surface area contributed by atoms with Crippen molar-refractivity contribution in [2.24, 2.45) is 0 Å². The number of para-hydroxylation sites is 1. The minimum absolute atomic E-state index is 0.187. The molecule has 0 fully saturated rings. The fourth-order valence-electron chi connectivity index (χ4n) is 1.32. The molecule has 0 aliphatic rings. The number of rotatable bonds is 3. The third-order valence-corrected chi connectivity index (χ3v) is 3.13. The van der Waals surface area contributed by atoms with Crippen molar-refractivity contribution in [1.29, 1.82) is 0 Å². The molecule has 0 aliphatic carbocycles. The first-order valence-electron chi connectivity index (χ1n) is 5.00. The molecule has 0 unspecified atom stereocenters. The second-order valence-corrected chi connectivity index (χ2v) is 4.57. The summed E-state index contributed by atoms with van der Waals surface area (Å²) in [6.45, 7) is 1.88. The molecular formula is C12H11ClN2OS. The summed E-state index contributed by atoms with van der Waals surface area (Å²) < 4.78 is 5.76. The summed E-state index contributed by atoms with van der Waals surface area (Å²) in [6.07, 6.45) is 3.65. The fraction of sp³-hybridized carbons (Fsp3) is 0.167. The Hall–Kier alpha value is -1.26. The van der Waals surface area contributed by atoms with Gasteiger partial charge in [0, 0.05) is 16.7 Å². The number of hydrogen-bond donors (Lipinski definition) is 0. The molecule has 2 rings (SSSR count). The first-order valence-corrected chi connectivity index (χ1v) is 6.61. The highest BCUT2D eigenvalue weighted by molar-refractivity contribution is 7.98. The minimum Gasteiger partial charge on any atom is -0.437 e. The molecule has 0 atom stereocenters. The zero-order valence-corrected chi connectivity index (χ0v) is 11.0. The maximum absolute atomic E-state index is 5.76. The van der Waals surface area contributed by atoms with E-state index in [-0.39, 0.29) is 5.28 Å². The summed E-state index contributed by atoms with van der Waals surface area (Å²) in [4.78, 5) is 9.02. The van der Waals surface area contributed by atoms with Gasteiger partial charge < -0.3 is 4.74 Å². The Morgan fingerprint density at radius 2 is 2.06 bits per heavy atom. The summed E-state index contributed by atoms with van der Waals surface area (Å²) in [5.41, 5.74) is 0.852. The molecule has 5 heteroatoms. The van der Waals surface area contributed by atoms with Crippen LogP contribution in [0.3, 0.4) is 0 Å². The Morgan fingerprint density at radius 1 is 1.29 bits per heavy atom. The van der Waals surface area contributed by atoms with E-state index < -0.39 is 0 Å².